The van der Waals surface area contributed by atoms with E-state index < -0.39 is 5.54 Å². The van der Waals surface area contributed by atoms with Gasteiger partial charge in [0.25, 0.3) is 5.91 Å². The van der Waals surface area contributed by atoms with Gasteiger partial charge in [0, 0.05) is 18.0 Å². The van der Waals surface area contributed by atoms with Gasteiger partial charge in [0.15, 0.2) is 0 Å². The topological polar surface area (TPSA) is 40.5 Å². The van der Waals surface area contributed by atoms with E-state index in [1.165, 1.54) is 0 Å². The number of hydrogen-bond donors (Lipinski definition) is 1. The van der Waals surface area contributed by atoms with Gasteiger partial charge in [-0.05, 0) is 30.0 Å². The SMILES string of the molecule is O=C1c2ccccc2[C@@H](CO)[C@@]2(c3ccccc3)CCCN12. The molecule has 2 aromatic carbocycles. The fraction of sp³-hybridized carbons (Fsp3) is 0.316. The van der Waals surface area contributed by atoms with Crippen molar-refractivity contribution in [3.63, 3.8) is 0 Å². The Morgan fingerprint density at radius 1 is 1.09 bits per heavy atom. The minimum Gasteiger partial charge on any atom is -0.396 e. The van der Waals surface area contributed by atoms with Crippen LogP contribution in [0.2, 0.25) is 0 Å². The summed E-state index contributed by atoms with van der Waals surface area (Å²) in [7, 11) is 0. The molecule has 2 atom stereocenters. The van der Waals surface area contributed by atoms with Gasteiger partial charge in [-0.15, -0.1) is 0 Å². The van der Waals surface area contributed by atoms with Crippen LogP contribution in [-0.4, -0.2) is 29.1 Å². The minimum atomic E-state index is -0.401. The van der Waals surface area contributed by atoms with Crippen molar-refractivity contribution < 1.29 is 9.90 Å². The van der Waals surface area contributed by atoms with E-state index in [2.05, 4.69) is 12.1 Å². The highest BCUT2D eigenvalue weighted by Gasteiger charge is 2.54. The summed E-state index contributed by atoms with van der Waals surface area (Å²) in [6.45, 7) is 0.814. The lowest BCUT2D eigenvalue weighted by Gasteiger charge is -2.48. The number of rotatable bonds is 2. The van der Waals surface area contributed by atoms with Gasteiger partial charge in [0.05, 0.1) is 12.1 Å². The van der Waals surface area contributed by atoms with Gasteiger partial charge >= 0.3 is 0 Å². The van der Waals surface area contributed by atoms with Gasteiger partial charge in [-0.2, -0.15) is 0 Å². The van der Waals surface area contributed by atoms with Crippen LogP contribution >= 0.6 is 0 Å². The maximum absolute atomic E-state index is 13.0. The second-order valence-corrected chi connectivity index (χ2v) is 6.17. The predicted molar refractivity (Wildman–Crippen MR) is 84.7 cm³/mol. The average molecular weight is 293 g/mol. The summed E-state index contributed by atoms with van der Waals surface area (Å²) in [6.07, 6.45) is 1.88. The van der Waals surface area contributed by atoms with Gasteiger partial charge in [-0.25, -0.2) is 0 Å². The Morgan fingerprint density at radius 2 is 1.82 bits per heavy atom. The molecule has 1 saturated heterocycles. The Balaban J connectivity index is 1.98. The minimum absolute atomic E-state index is 0.0513. The van der Waals surface area contributed by atoms with Crippen molar-refractivity contribution in [3.05, 3.63) is 71.3 Å². The molecular weight excluding hydrogens is 274 g/mol. The van der Waals surface area contributed by atoms with Gasteiger partial charge in [-0.3, -0.25) is 4.79 Å². The van der Waals surface area contributed by atoms with Gasteiger partial charge in [0.2, 0.25) is 0 Å². The summed E-state index contributed by atoms with van der Waals surface area (Å²) in [5, 5.41) is 10.2. The summed E-state index contributed by atoms with van der Waals surface area (Å²) in [6, 6.07) is 17.9. The monoisotopic (exact) mass is 293 g/mol. The zero-order valence-corrected chi connectivity index (χ0v) is 12.4. The first-order valence-electron chi connectivity index (χ1n) is 7.86. The van der Waals surface area contributed by atoms with E-state index in [4.69, 9.17) is 0 Å². The molecule has 1 N–H and O–H groups in total. The number of aliphatic hydroxyl groups excluding tert-OH is 1. The molecule has 0 radical (unpaired) electrons. The lowest BCUT2D eigenvalue weighted by Crippen LogP contribution is -2.53. The third-order valence-corrected chi connectivity index (χ3v) is 5.27. The standard InChI is InChI=1S/C19H19NO2/c21-13-17-15-9-4-5-10-16(15)18(22)20-12-6-11-19(17,20)14-7-2-1-3-8-14/h1-5,7-10,17,21H,6,11-13H2/t17-,19+/m1/s1. The molecule has 1 fully saturated rings. The summed E-state index contributed by atoms with van der Waals surface area (Å²) >= 11 is 0. The summed E-state index contributed by atoms with van der Waals surface area (Å²) in [4.78, 5) is 15.0. The Kier molecular flexibility index (Phi) is 3.05. The quantitative estimate of drug-likeness (QED) is 0.925. The van der Waals surface area contributed by atoms with Crippen LogP contribution < -0.4 is 0 Å². The molecule has 112 valence electrons. The summed E-state index contributed by atoms with van der Waals surface area (Å²) in [5.41, 5.74) is 2.46. The molecule has 4 rings (SSSR count). The highest BCUT2D eigenvalue weighted by Crippen LogP contribution is 2.53. The third-order valence-electron chi connectivity index (χ3n) is 5.27. The lowest BCUT2D eigenvalue weighted by atomic mass is 9.69. The van der Waals surface area contributed by atoms with Crippen molar-refractivity contribution in [2.45, 2.75) is 24.3 Å². The molecule has 0 bridgehead atoms. The average Bonchev–Trinajstić information content (AvgIpc) is 3.02. The Labute approximate surface area is 130 Å². The number of amides is 1. The van der Waals surface area contributed by atoms with E-state index in [-0.39, 0.29) is 18.4 Å². The second-order valence-electron chi connectivity index (χ2n) is 6.17. The van der Waals surface area contributed by atoms with E-state index in [1.807, 2.05) is 47.4 Å². The van der Waals surface area contributed by atoms with E-state index in [9.17, 15) is 9.90 Å². The molecule has 0 unspecified atom stereocenters. The largest absolute Gasteiger partial charge is 0.396 e. The fourth-order valence-electron chi connectivity index (χ4n) is 4.36. The number of fused-ring (bicyclic) bond motifs is 2. The van der Waals surface area contributed by atoms with Crippen LogP contribution in [-0.2, 0) is 5.54 Å². The number of aliphatic hydroxyl groups is 1. The van der Waals surface area contributed by atoms with Crippen LogP contribution in [0.5, 0.6) is 0 Å². The Hall–Kier alpha value is -2.13. The first kappa shape index (κ1) is 13.5. The van der Waals surface area contributed by atoms with Crippen LogP contribution in [0.25, 0.3) is 0 Å². The van der Waals surface area contributed by atoms with E-state index in [0.717, 1.165) is 36.1 Å². The maximum atomic E-state index is 13.0. The van der Waals surface area contributed by atoms with Crippen molar-refractivity contribution in [1.82, 2.24) is 4.90 Å². The summed E-state index contributed by atoms with van der Waals surface area (Å²) < 4.78 is 0. The van der Waals surface area contributed by atoms with Gasteiger partial charge in [-0.1, -0.05) is 48.5 Å². The highest BCUT2D eigenvalue weighted by atomic mass is 16.3. The van der Waals surface area contributed by atoms with Crippen LogP contribution in [0, 0.1) is 0 Å². The van der Waals surface area contributed by atoms with Crippen LogP contribution in [0.4, 0.5) is 0 Å². The molecule has 3 nitrogen and oxygen atoms in total. The van der Waals surface area contributed by atoms with Crippen LogP contribution in [0.3, 0.4) is 0 Å². The summed E-state index contributed by atoms with van der Waals surface area (Å²) in [5.74, 6) is 0.0351. The third kappa shape index (κ3) is 1.63. The van der Waals surface area contributed by atoms with Crippen molar-refractivity contribution in [2.75, 3.05) is 13.2 Å². The molecule has 0 saturated carbocycles. The molecule has 2 aromatic rings. The molecule has 0 aliphatic carbocycles. The molecule has 0 aromatic heterocycles. The van der Waals surface area contributed by atoms with Crippen molar-refractivity contribution in [1.29, 1.82) is 0 Å². The zero-order valence-electron chi connectivity index (χ0n) is 12.4. The second kappa shape index (κ2) is 4.96. The molecule has 2 heterocycles. The number of nitrogens with zero attached hydrogens (tertiary/aromatic N) is 1. The Bertz CT molecular complexity index is 712. The number of carbonyl (C=O) groups is 1. The van der Waals surface area contributed by atoms with Crippen molar-refractivity contribution in [2.24, 2.45) is 0 Å². The Morgan fingerprint density at radius 3 is 2.59 bits per heavy atom. The highest BCUT2D eigenvalue weighted by molar-refractivity contribution is 5.98. The molecule has 3 heteroatoms. The van der Waals surface area contributed by atoms with Gasteiger partial charge < -0.3 is 10.0 Å². The van der Waals surface area contributed by atoms with E-state index in [0.29, 0.717) is 0 Å². The first-order valence-corrected chi connectivity index (χ1v) is 7.86. The number of hydrogen-bond acceptors (Lipinski definition) is 2. The molecule has 2 aliphatic heterocycles. The van der Waals surface area contributed by atoms with Crippen LogP contribution in [0.15, 0.2) is 54.6 Å². The molecule has 22 heavy (non-hydrogen) atoms. The molecule has 2 aliphatic rings. The normalized spacial score (nSPS) is 26.7. The lowest BCUT2D eigenvalue weighted by molar-refractivity contribution is 0.0373. The smallest absolute Gasteiger partial charge is 0.254 e. The first-order chi connectivity index (χ1) is 10.8. The predicted octanol–water partition coefficient (Wildman–Crippen LogP) is 2.91. The van der Waals surface area contributed by atoms with E-state index >= 15 is 0 Å². The molecular formula is C19H19NO2. The number of benzene rings is 2. The van der Waals surface area contributed by atoms with Crippen molar-refractivity contribution >= 4 is 5.91 Å². The fourth-order valence-corrected chi connectivity index (χ4v) is 4.36. The zero-order chi connectivity index (χ0) is 15.2. The van der Waals surface area contributed by atoms with Gasteiger partial charge in [0.1, 0.15) is 0 Å². The number of carbonyl (C=O) groups excluding carboxylic acids is 1. The molecule has 1 amide bonds. The van der Waals surface area contributed by atoms with E-state index in [1.54, 1.807) is 0 Å². The van der Waals surface area contributed by atoms with Crippen molar-refractivity contribution in [3.8, 4) is 0 Å². The maximum Gasteiger partial charge on any atom is 0.254 e. The van der Waals surface area contributed by atoms with Crippen LogP contribution in [0.1, 0.15) is 40.2 Å². The molecule has 0 spiro atoms.